The summed E-state index contributed by atoms with van der Waals surface area (Å²) in [4.78, 5) is 10.9. The number of hydrogen-bond donors (Lipinski definition) is 5. The summed E-state index contributed by atoms with van der Waals surface area (Å²) in [6.07, 6.45) is 2.12. The van der Waals surface area contributed by atoms with Gasteiger partial charge in [0.2, 0.25) is 5.96 Å². The average Bonchev–Trinajstić information content (AvgIpc) is 2.61. The number of benzene rings is 1. The molecule has 0 saturated heterocycles. The summed E-state index contributed by atoms with van der Waals surface area (Å²) in [7, 11) is -3.98. The van der Waals surface area contributed by atoms with Crippen LogP contribution in [0.4, 0.5) is 0 Å². The number of hydrogen-bond acceptors (Lipinski definition) is 6. The second kappa shape index (κ2) is 8.81. The number of carboxylic acid groups (broad SMARTS) is 1. The van der Waals surface area contributed by atoms with E-state index < -0.39 is 22.0 Å². The molecule has 0 aromatic heterocycles. The van der Waals surface area contributed by atoms with Crippen LogP contribution in [-0.4, -0.2) is 43.6 Å². The molecule has 1 aromatic carbocycles. The smallest absolute Gasteiger partial charge is 0.320 e. The monoisotopic (exact) mass is 440 g/mol. The summed E-state index contributed by atoms with van der Waals surface area (Å²) in [6, 6.07) is -0.978. The fourth-order valence-electron chi connectivity index (χ4n) is 3.63. The molecule has 1 aliphatic rings. The normalized spacial score (nSPS) is 16.2. The molecule has 0 fully saturated rings. The molecule has 1 heterocycles. The van der Waals surface area contributed by atoms with Crippen molar-refractivity contribution >= 4 is 22.0 Å². The summed E-state index contributed by atoms with van der Waals surface area (Å²) in [5.41, 5.74) is 8.03. The number of nitrogens with two attached hydrogens (primary N) is 1. The highest BCUT2D eigenvalue weighted by atomic mass is 32.2. The molecule has 0 saturated carbocycles. The van der Waals surface area contributed by atoms with E-state index in [-0.39, 0.29) is 29.4 Å². The van der Waals surface area contributed by atoms with Crippen LogP contribution in [0.1, 0.15) is 55.4 Å². The van der Waals surface area contributed by atoms with Crippen molar-refractivity contribution in [3.05, 3.63) is 22.3 Å². The van der Waals surface area contributed by atoms with Crippen molar-refractivity contribution in [3.8, 4) is 5.75 Å². The second-order valence-corrected chi connectivity index (χ2v) is 9.99. The van der Waals surface area contributed by atoms with E-state index in [4.69, 9.17) is 21.0 Å². The number of carbonyl (C=O) groups is 1. The number of ether oxygens (including phenoxy) is 1. The Labute approximate surface area is 177 Å². The zero-order valence-corrected chi connectivity index (χ0v) is 19.0. The first-order chi connectivity index (χ1) is 13.8. The van der Waals surface area contributed by atoms with E-state index in [1.807, 2.05) is 20.8 Å². The molecule has 0 spiro atoms. The van der Waals surface area contributed by atoms with Crippen LogP contribution in [0.5, 0.6) is 5.75 Å². The van der Waals surface area contributed by atoms with E-state index in [9.17, 15) is 13.2 Å². The van der Waals surface area contributed by atoms with Gasteiger partial charge in [0.15, 0.2) is 0 Å². The van der Waals surface area contributed by atoms with Crippen molar-refractivity contribution in [2.45, 2.75) is 76.8 Å². The molecule has 0 aliphatic carbocycles. The van der Waals surface area contributed by atoms with Crippen molar-refractivity contribution in [1.29, 1.82) is 5.41 Å². The van der Waals surface area contributed by atoms with E-state index in [0.29, 0.717) is 17.5 Å². The molecule has 0 bridgehead atoms. The first-order valence-corrected chi connectivity index (χ1v) is 11.4. The standard InChI is InChI=1S/C20H32N4O5S/c1-11-12(2)17(13(3)14-8-9-20(4,5)29-16(11)14)30(27,28)24-19(22)23-10-6-7-15(21)18(25)26/h15H,6-10,21H2,1-5H3,(H,25,26)(H3,22,23,24)/t15-/m0/s1. The van der Waals surface area contributed by atoms with Crippen LogP contribution >= 0.6 is 0 Å². The minimum Gasteiger partial charge on any atom is -0.487 e. The Hall–Kier alpha value is -2.33. The first kappa shape index (κ1) is 23.9. The van der Waals surface area contributed by atoms with Crippen LogP contribution in [0.2, 0.25) is 0 Å². The lowest BCUT2D eigenvalue weighted by Gasteiger charge is -2.35. The molecule has 30 heavy (non-hydrogen) atoms. The molecule has 0 amide bonds. The van der Waals surface area contributed by atoms with Crippen molar-refractivity contribution in [3.63, 3.8) is 0 Å². The summed E-state index contributed by atoms with van der Waals surface area (Å²) in [6.45, 7) is 9.62. The molecule has 1 atom stereocenters. The first-order valence-electron chi connectivity index (χ1n) is 9.92. The van der Waals surface area contributed by atoms with Gasteiger partial charge in [-0.1, -0.05) is 0 Å². The SMILES string of the molecule is Cc1c(C)c(S(=O)(=O)NC(=N)NCCC[C@H](N)C(=O)O)c(C)c2c1OC(C)(C)CC2. The van der Waals surface area contributed by atoms with Gasteiger partial charge in [0.05, 0.1) is 4.90 Å². The van der Waals surface area contributed by atoms with Gasteiger partial charge in [-0.15, -0.1) is 0 Å². The van der Waals surface area contributed by atoms with E-state index in [1.165, 1.54) is 0 Å². The molecule has 1 aromatic rings. The maximum atomic E-state index is 13.0. The van der Waals surface area contributed by atoms with E-state index >= 15 is 0 Å². The Kier molecular flexibility index (Phi) is 7.03. The third-order valence-electron chi connectivity index (χ3n) is 5.48. The molecular weight excluding hydrogens is 408 g/mol. The Morgan fingerprint density at radius 3 is 2.50 bits per heavy atom. The minimum atomic E-state index is -3.98. The molecule has 1 aliphatic heterocycles. The minimum absolute atomic E-state index is 0.168. The number of sulfonamides is 1. The van der Waals surface area contributed by atoms with Crippen molar-refractivity contribution in [2.75, 3.05) is 6.54 Å². The maximum absolute atomic E-state index is 13.0. The van der Waals surface area contributed by atoms with Crippen LogP contribution in [-0.2, 0) is 21.2 Å². The zero-order chi connectivity index (χ0) is 22.9. The molecule has 9 nitrogen and oxygen atoms in total. The van der Waals surface area contributed by atoms with Gasteiger partial charge in [-0.2, -0.15) is 0 Å². The molecule has 2 rings (SSSR count). The summed E-state index contributed by atoms with van der Waals surface area (Å²) in [5, 5.41) is 19.3. The highest BCUT2D eigenvalue weighted by Crippen LogP contribution is 2.42. The number of nitrogens with one attached hydrogen (secondary N) is 3. The molecular formula is C20H32N4O5S. The molecule has 10 heteroatoms. The molecule has 6 N–H and O–H groups in total. The van der Waals surface area contributed by atoms with Crippen LogP contribution in [0.25, 0.3) is 0 Å². The predicted molar refractivity (Wildman–Crippen MR) is 115 cm³/mol. The lowest BCUT2D eigenvalue weighted by Crippen LogP contribution is -2.41. The van der Waals surface area contributed by atoms with Gasteiger partial charge in [0, 0.05) is 6.54 Å². The lowest BCUT2D eigenvalue weighted by molar-refractivity contribution is -0.138. The van der Waals surface area contributed by atoms with Crippen molar-refractivity contribution in [2.24, 2.45) is 5.73 Å². The molecule has 168 valence electrons. The van der Waals surface area contributed by atoms with Gasteiger partial charge < -0.3 is 20.9 Å². The Morgan fingerprint density at radius 2 is 1.90 bits per heavy atom. The van der Waals surface area contributed by atoms with Gasteiger partial charge >= 0.3 is 5.97 Å². The van der Waals surface area contributed by atoms with Crippen molar-refractivity contribution in [1.82, 2.24) is 10.0 Å². The van der Waals surface area contributed by atoms with E-state index in [1.54, 1.807) is 13.8 Å². The van der Waals surface area contributed by atoms with Gasteiger partial charge in [-0.05, 0) is 82.6 Å². The summed E-state index contributed by atoms with van der Waals surface area (Å²) < 4.78 is 34.5. The van der Waals surface area contributed by atoms with Crippen molar-refractivity contribution < 1.29 is 23.1 Å². The maximum Gasteiger partial charge on any atom is 0.320 e. The Morgan fingerprint density at radius 1 is 1.27 bits per heavy atom. The number of carboxylic acids is 1. The number of rotatable bonds is 7. The Bertz CT molecular complexity index is 957. The third kappa shape index (κ3) is 5.23. The van der Waals surface area contributed by atoms with E-state index in [0.717, 1.165) is 29.7 Å². The fraction of sp³-hybridized carbons (Fsp3) is 0.600. The lowest BCUT2D eigenvalue weighted by atomic mass is 9.88. The third-order valence-corrected chi connectivity index (χ3v) is 7.11. The van der Waals surface area contributed by atoms with Gasteiger partial charge in [-0.25, -0.2) is 13.1 Å². The van der Waals surface area contributed by atoms with Crippen LogP contribution in [0, 0.1) is 26.2 Å². The highest BCUT2D eigenvalue weighted by molar-refractivity contribution is 7.90. The largest absolute Gasteiger partial charge is 0.487 e. The van der Waals surface area contributed by atoms with Gasteiger partial charge in [-0.3, -0.25) is 10.2 Å². The topological polar surface area (TPSA) is 155 Å². The quantitative estimate of drug-likeness (QED) is 0.245. The Balaban J connectivity index is 2.17. The summed E-state index contributed by atoms with van der Waals surface area (Å²) >= 11 is 0. The molecule has 0 radical (unpaired) electrons. The highest BCUT2D eigenvalue weighted by Gasteiger charge is 2.33. The van der Waals surface area contributed by atoms with Crippen LogP contribution in [0.15, 0.2) is 4.90 Å². The number of fused-ring (bicyclic) bond motifs is 1. The van der Waals surface area contributed by atoms with E-state index in [2.05, 4.69) is 10.0 Å². The van der Waals surface area contributed by atoms with Crippen LogP contribution < -0.4 is 20.5 Å². The fourth-order valence-corrected chi connectivity index (χ4v) is 5.16. The van der Waals surface area contributed by atoms with Crippen LogP contribution in [0.3, 0.4) is 0 Å². The van der Waals surface area contributed by atoms with Gasteiger partial charge in [0.1, 0.15) is 17.4 Å². The number of guanidine groups is 1. The summed E-state index contributed by atoms with van der Waals surface area (Å²) in [5.74, 6) is -0.708. The predicted octanol–water partition coefficient (Wildman–Crippen LogP) is 1.71. The zero-order valence-electron chi connectivity index (χ0n) is 18.2. The van der Waals surface area contributed by atoms with Gasteiger partial charge in [0.25, 0.3) is 10.0 Å². The number of aliphatic carboxylic acids is 1. The second-order valence-electron chi connectivity index (χ2n) is 8.37. The molecule has 0 unspecified atom stereocenters. The average molecular weight is 441 g/mol.